The van der Waals surface area contributed by atoms with E-state index in [0.29, 0.717) is 5.02 Å². The molecule has 0 aliphatic carbocycles. The second-order valence-corrected chi connectivity index (χ2v) is 3.75. The van der Waals surface area contributed by atoms with Crippen molar-refractivity contribution < 1.29 is 14.3 Å². The molecule has 1 aromatic rings. The molecule has 1 N–H and O–H groups in total. The number of halogens is 3. The van der Waals surface area contributed by atoms with Crippen molar-refractivity contribution in [2.45, 2.75) is 0 Å². The topological polar surface area (TPSA) is 37.3 Å². The molecule has 0 unspecified atom stereocenters. The molecule has 0 radical (unpaired) electrons. The summed E-state index contributed by atoms with van der Waals surface area (Å²) >= 11 is 8.62. The van der Waals surface area contributed by atoms with Crippen molar-refractivity contribution in [2.24, 2.45) is 0 Å². The number of hydrogen-bond donors (Lipinski definition) is 1. The van der Waals surface area contributed by atoms with Crippen LogP contribution in [-0.2, 0) is 4.79 Å². The van der Waals surface area contributed by atoms with Crippen molar-refractivity contribution in [3.63, 3.8) is 0 Å². The molecular formula is C9H5BrClFO2. The number of hydrogen-bond acceptors (Lipinski definition) is 1. The van der Waals surface area contributed by atoms with Crippen LogP contribution >= 0.6 is 27.5 Å². The Hall–Kier alpha value is -0.870. The van der Waals surface area contributed by atoms with Crippen LogP contribution in [0.2, 0.25) is 5.02 Å². The predicted octanol–water partition coefficient (Wildman–Crippen LogP) is 3.34. The summed E-state index contributed by atoms with van der Waals surface area (Å²) in [6, 6.07) is 2.75. The zero-order chi connectivity index (χ0) is 10.7. The smallest absolute Gasteiger partial charge is 0.328 e. The van der Waals surface area contributed by atoms with E-state index in [1.807, 2.05) is 0 Å². The molecule has 0 saturated carbocycles. The summed E-state index contributed by atoms with van der Waals surface area (Å²) in [4.78, 5) is 10.2. The van der Waals surface area contributed by atoms with Gasteiger partial charge in [-0.05, 0) is 34.1 Å². The van der Waals surface area contributed by atoms with E-state index in [4.69, 9.17) is 16.7 Å². The Labute approximate surface area is 93.1 Å². The molecule has 0 fully saturated rings. The lowest BCUT2D eigenvalue weighted by Gasteiger charge is -2.00. The van der Waals surface area contributed by atoms with Gasteiger partial charge in [0.05, 0.1) is 4.47 Å². The molecule has 1 rings (SSSR count). The van der Waals surface area contributed by atoms with Crippen LogP contribution in [0.5, 0.6) is 0 Å². The predicted molar refractivity (Wildman–Crippen MR) is 55.8 cm³/mol. The third-order valence-electron chi connectivity index (χ3n) is 1.43. The van der Waals surface area contributed by atoms with Gasteiger partial charge >= 0.3 is 5.97 Å². The average Bonchev–Trinajstić information content (AvgIpc) is 2.08. The molecule has 0 heterocycles. The lowest BCUT2D eigenvalue weighted by atomic mass is 10.2. The first-order valence-electron chi connectivity index (χ1n) is 3.56. The largest absolute Gasteiger partial charge is 0.478 e. The molecule has 0 saturated heterocycles. The minimum absolute atomic E-state index is 0.131. The number of benzene rings is 1. The van der Waals surface area contributed by atoms with Crippen LogP contribution in [-0.4, -0.2) is 11.1 Å². The van der Waals surface area contributed by atoms with E-state index in [1.54, 1.807) is 0 Å². The molecule has 14 heavy (non-hydrogen) atoms. The third-order valence-corrected chi connectivity index (χ3v) is 2.22. The molecule has 0 amide bonds. The molecular weight excluding hydrogens is 274 g/mol. The fraction of sp³-hybridized carbons (Fsp3) is 0. The van der Waals surface area contributed by atoms with Gasteiger partial charge in [0.2, 0.25) is 0 Å². The highest BCUT2D eigenvalue weighted by Gasteiger charge is 2.05. The maximum absolute atomic E-state index is 13.3. The van der Waals surface area contributed by atoms with Crippen LogP contribution in [0.4, 0.5) is 4.39 Å². The Morgan fingerprint density at radius 3 is 2.79 bits per heavy atom. The van der Waals surface area contributed by atoms with Crippen LogP contribution in [0.1, 0.15) is 5.56 Å². The zero-order valence-electron chi connectivity index (χ0n) is 6.80. The van der Waals surface area contributed by atoms with Gasteiger partial charge in [-0.1, -0.05) is 11.6 Å². The molecule has 74 valence electrons. The van der Waals surface area contributed by atoms with Crippen LogP contribution in [0.25, 0.3) is 6.08 Å². The summed E-state index contributed by atoms with van der Waals surface area (Å²) in [5.74, 6) is -1.67. The Kier molecular flexibility index (Phi) is 3.66. The van der Waals surface area contributed by atoms with Gasteiger partial charge < -0.3 is 5.11 Å². The molecule has 0 atom stereocenters. The molecule has 0 spiro atoms. The SMILES string of the molecule is O=C(O)/C=C/c1cc(Cl)cc(Br)c1F. The van der Waals surface area contributed by atoms with Crippen LogP contribution in [0.15, 0.2) is 22.7 Å². The molecule has 1 aromatic carbocycles. The Bertz CT molecular complexity index is 404. The summed E-state index contributed by atoms with van der Waals surface area (Å²) < 4.78 is 13.5. The normalized spacial score (nSPS) is 10.8. The molecule has 0 aromatic heterocycles. The first kappa shape index (κ1) is 11.2. The van der Waals surface area contributed by atoms with Gasteiger partial charge in [0.25, 0.3) is 0 Å². The lowest BCUT2D eigenvalue weighted by molar-refractivity contribution is -0.131. The van der Waals surface area contributed by atoms with E-state index in [0.717, 1.165) is 12.2 Å². The zero-order valence-corrected chi connectivity index (χ0v) is 9.14. The minimum atomic E-state index is -1.14. The summed E-state index contributed by atoms with van der Waals surface area (Å²) in [7, 11) is 0. The number of carboxylic acid groups (broad SMARTS) is 1. The van der Waals surface area contributed by atoms with Gasteiger partial charge in [0.1, 0.15) is 5.82 Å². The van der Waals surface area contributed by atoms with Crippen molar-refractivity contribution in [1.29, 1.82) is 0 Å². The number of rotatable bonds is 2. The molecule has 2 nitrogen and oxygen atoms in total. The van der Waals surface area contributed by atoms with E-state index in [-0.39, 0.29) is 10.0 Å². The highest BCUT2D eigenvalue weighted by atomic mass is 79.9. The van der Waals surface area contributed by atoms with E-state index in [9.17, 15) is 9.18 Å². The van der Waals surface area contributed by atoms with Crippen LogP contribution in [0.3, 0.4) is 0 Å². The maximum Gasteiger partial charge on any atom is 0.328 e. The number of aliphatic carboxylic acids is 1. The monoisotopic (exact) mass is 278 g/mol. The van der Waals surface area contributed by atoms with Crippen molar-refractivity contribution in [1.82, 2.24) is 0 Å². The summed E-state index contributed by atoms with van der Waals surface area (Å²) in [6.45, 7) is 0. The Morgan fingerprint density at radius 1 is 1.57 bits per heavy atom. The van der Waals surface area contributed by atoms with Gasteiger partial charge in [0.15, 0.2) is 0 Å². The van der Waals surface area contributed by atoms with E-state index < -0.39 is 11.8 Å². The molecule has 0 aliphatic heterocycles. The van der Waals surface area contributed by atoms with E-state index in [2.05, 4.69) is 15.9 Å². The van der Waals surface area contributed by atoms with E-state index in [1.165, 1.54) is 12.1 Å². The summed E-state index contributed by atoms with van der Waals surface area (Å²) in [5.41, 5.74) is 0.131. The average molecular weight is 279 g/mol. The van der Waals surface area contributed by atoms with Gasteiger partial charge in [-0.3, -0.25) is 0 Å². The minimum Gasteiger partial charge on any atom is -0.478 e. The quantitative estimate of drug-likeness (QED) is 0.666. The summed E-state index contributed by atoms with van der Waals surface area (Å²) in [5, 5.41) is 8.69. The van der Waals surface area contributed by atoms with Gasteiger partial charge in [-0.15, -0.1) is 0 Å². The second-order valence-electron chi connectivity index (χ2n) is 2.46. The number of carbonyl (C=O) groups is 1. The maximum atomic E-state index is 13.3. The summed E-state index contributed by atoms with van der Waals surface area (Å²) in [6.07, 6.45) is 2.00. The Morgan fingerprint density at radius 2 is 2.21 bits per heavy atom. The second kappa shape index (κ2) is 4.57. The van der Waals surface area contributed by atoms with Crippen LogP contribution in [0, 0.1) is 5.82 Å². The number of carboxylic acids is 1. The van der Waals surface area contributed by atoms with Crippen molar-refractivity contribution >= 4 is 39.6 Å². The fourth-order valence-corrected chi connectivity index (χ4v) is 1.69. The van der Waals surface area contributed by atoms with Crippen molar-refractivity contribution in [3.05, 3.63) is 39.1 Å². The van der Waals surface area contributed by atoms with Crippen LogP contribution < -0.4 is 0 Å². The first-order chi connectivity index (χ1) is 6.50. The molecule has 5 heteroatoms. The molecule has 0 bridgehead atoms. The standard InChI is InChI=1S/C9H5BrClFO2/c10-7-4-6(11)3-5(9(7)12)1-2-8(13)14/h1-4H,(H,13,14)/b2-1+. The highest BCUT2D eigenvalue weighted by molar-refractivity contribution is 9.10. The van der Waals surface area contributed by atoms with Gasteiger partial charge in [-0.25, -0.2) is 9.18 Å². The van der Waals surface area contributed by atoms with Crippen molar-refractivity contribution in [2.75, 3.05) is 0 Å². The fourth-order valence-electron chi connectivity index (χ4n) is 0.858. The highest BCUT2D eigenvalue weighted by Crippen LogP contribution is 2.25. The van der Waals surface area contributed by atoms with Gasteiger partial charge in [-0.2, -0.15) is 0 Å². The van der Waals surface area contributed by atoms with Gasteiger partial charge in [0, 0.05) is 16.7 Å². The van der Waals surface area contributed by atoms with E-state index >= 15 is 0 Å². The van der Waals surface area contributed by atoms with Crippen molar-refractivity contribution in [3.8, 4) is 0 Å². The first-order valence-corrected chi connectivity index (χ1v) is 4.73. The molecule has 0 aliphatic rings. The third kappa shape index (κ3) is 2.82. The lowest BCUT2D eigenvalue weighted by Crippen LogP contribution is -1.88. The Balaban J connectivity index is 3.14.